The molecule has 1 nitrogen and oxygen atoms in total. The summed E-state index contributed by atoms with van der Waals surface area (Å²) in [6, 6.07) is 6.28. The van der Waals surface area contributed by atoms with Gasteiger partial charge in [-0.3, -0.25) is 0 Å². The molecule has 0 aliphatic heterocycles. The van der Waals surface area contributed by atoms with Crippen molar-refractivity contribution in [1.82, 2.24) is 0 Å². The highest BCUT2D eigenvalue weighted by molar-refractivity contribution is 9.10. The minimum absolute atomic E-state index is 0.143. The molecule has 13 heavy (non-hydrogen) atoms. The first-order valence-electron chi connectivity index (χ1n) is 4.43. The van der Waals surface area contributed by atoms with Crippen molar-refractivity contribution in [1.29, 1.82) is 0 Å². The Labute approximate surface area is 88.5 Å². The summed E-state index contributed by atoms with van der Waals surface area (Å²) in [6.45, 7) is 6.18. The Hall–Kier alpha value is -0.340. The van der Waals surface area contributed by atoms with E-state index in [1.165, 1.54) is 15.6 Å². The van der Waals surface area contributed by atoms with Crippen LogP contribution < -0.4 is 5.73 Å². The van der Waals surface area contributed by atoms with Crippen LogP contribution in [0, 0.1) is 6.92 Å². The van der Waals surface area contributed by atoms with Crippen LogP contribution in [0.3, 0.4) is 0 Å². The van der Waals surface area contributed by atoms with Crippen molar-refractivity contribution in [2.75, 3.05) is 0 Å². The van der Waals surface area contributed by atoms with E-state index < -0.39 is 0 Å². The van der Waals surface area contributed by atoms with E-state index in [1.807, 2.05) is 13.8 Å². The van der Waals surface area contributed by atoms with Gasteiger partial charge in [-0.2, -0.15) is 0 Å². The summed E-state index contributed by atoms with van der Waals surface area (Å²) < 4.78 is 1.19. The second-order valence-corrected chi connectivity index (χ2v) is 5.01. The molecule has 0 saturated carbocycles. The molecule has 0 fully saturated rings. The standard InChI is InChI=1S/C11H16BrN/c1-8-5-4-6-9(10(8)12)7-11(2,3)13/h4-6H,7,13H2,1-3H3. The Bertz CT molecular complexity index is 299. The van der Waals surface area contributed by atoms with E-state index in [4.69, 9.17) is 5.73 Å². The Kier molecular flexibility index (Phi) is 3.14. The van der Waals surface area contributed by atoms with Crippen LogP contribution in [0.5, 0.6) is 0 Å². The maximum Gasteiger partial charge on any atom is 0.0237 e. The molecule has 0 aliphatic carbocycles. The molecular formula is C11H16BrN. The molecule has 0 aromatic heterocycles. The van der Waals surface area contributed by atoms with Crippen molar-refractivity contribution in [3.63, 3.8) is 0 Å². The van der Waals surface area contributed by atoms with E-state index in [0.29, 0.717) is 0 Å². The lowest BCUT2D eigenvalue weighted by atomic mass is 9.95. The fraction of sp³-hybridized carbons (Fsp3) is 0.455. The van der Waals surface area contributed by atoms with Crippen LogP contribution in [0.25, 0.3) is 0 Å². The van der Waals surface area contributed by atoms with E-state index in [2.05, 4.69) is 41.1 Å². The SMILES string of the molecule is Cc1cccc(CC(C)(C)N)c1Br. The molecule has 0 radical (unpaired) electrons. The third-order valence-electron chi connectivity index (χ3n) is 1.92. The van der Waals surface area contributed by atoms with Gasteiger partial charge >= 0.3 is 0 Å². The van der Waals surface area contributed by atoms with E-state index in [9.17, 15) is 0 Å². The van der Waals surface area contributed by atoms with Gasteiger partial charge in [0, 0.05) is 10.0 Å². The Morgan fingerprint density at radius 3 is 2.54 bits per heavy atom. The molecule has 0 atom stereocenters. The summed E-state index contributed by atoms with van der Waals surface area (Å²) in [5.41, 5.74) is 8.37. The highest BCUT2D eigenvalue weighted by Gasteiger charge is 2.13. The van der Waals surface area contributed by atoms with Gasteiger partial charge in [-0.25, -0.2) is 0 Å². The van der Waals surface area contributed by atoms with Gasteiger partial charge in [-0.1, -0.05) is 34.1 Å². The van der Waals surface area contributed by atoms with Gasteiger partial charge in [0.05, 0.1) is 0 Å². The quantitative estimate of drug-likeness (QED) is 0.847. The average molecular weight is 242 g/mol. The number of aryl methyl sites for hydroxylation is 1. The van der Waals surface area contributed by atoms with Crippen LogP contribution in [0.2, 0.25) is 0 Å². The summed E-state index contributed by atoms with van der Waals surface area (Å²) in [7, 11) is 0. The van der Waals surface area contributed by atoms with Crippen LogP contribution >= 0.6 is 15.9 Å². The normalized spacial score (nSPS) is 11.8. The topological polar surface area (TPSA) is 26.0 Å². The number of hydrogen-bond donors (Lipinski definition) is 1. The highest BCUT2D eigenvalue weighted by Crippen LogP contribution is 2.23. The van der Waals surface area contributed by atoms with Crippen molar-refractivity contribution in [3.05, 3.63) is 33.8 Å². The molecule has 2 N–H and O–H groups in total. The molecule has 0 bridgehead atoms. The van der Waals surface area contributed by atoms with Crippen LogP contribution in [0.4, 0.5) is 0 Å². The monoisotopic (exact) mass is 241 g/mol. The fourth-order valence-electron chi connectivity index (χ4n) is 1.34. The molecule has 0 spiro atoms. The average Bonchev–Trinajstić information content (AvgIpc) is 1.96. The lowest BCUT2D eigenvalue weighted by Crippen LogP contribution is -2.34. The largest absolute Gasteiger partial charge is 0.325 e. The first-order valence-corrected chi connectivity index (χ1v) is 5.22. The lowest BCUT2D eigenvalue weighted by molar-refractivity contribution is 0.515. The van der Waals surface area contributed by atoms with Crippen LogP contribution in [0.1, 0.15) is 25.0 Å². The molecule has 1 aromatic carbocycles. The summed E-state index contributed by atoms with van der Waals surface area (Å²) in [5, 5.41) is 0. The Balaban J connectivity index is 2.96. The zero-order valence-corrected chi connectivity index (χ0v) is 9.98. The molecule has 0 unspecified atom stereocenters. The first kappa shape index (κ1) is 10.7. The van der Waals surface area contributed by atoms with Crippen LogP contribution in [0.15, 0.2) is 22.7 Å². The predicted molar refractivity (Wildman–Crippen MR) is 60.8 cm³/mol. The van der Waals surface area contributed by atoms with E-state index in [-0.39, 0.29) is 5.54 Å². The van der Waals surface area contributed by atoms with Gasteiger partial charge in [0.1, 0.15) is 0 Å². The highest BCUT2D eigenvalue weighted by atomic mass is 79.9. The maximum atomic E-state index is 5.97. The van der Waals surface area contributed by atoms with Crippen molar-refractivity contribution >= 4 is 15.9 Å². The Morgan fingerprint density at radius 2 is 2.00 bits per heavy atom. The Morgan fingerprint density at radius 1 is 1.38 bits per heavy atom. The van der Waals surface area contributed by atoms with E-state index >= 15 is 0 Å². The van der Waals surface area contributed by atoms with Gasteiger partial charge < -0.3 is 5.73 Å². The summed E-state index contributed by atoms with van der Waals surface area (Å²) >= 11 is 3.58. The molecule has 2 heteroatoms. The molecule has 0 aliphatic rings. The molecule has 0 amide bonds. The summed E-state index contributed by atoms with van der Waals surface area (Å²) in [4.78, 5) is 0. The van der Waals surface area contributed by atoms with E-state index in [0.717, 1.165) is 6.42 Å². The van der Waals surface area contributed by atoms with Gasteiger partial charge in [0.15, 0.2) is 0 Å². The summed E-state index contributed by atoms with van der Waals surface area (Å²) in [6.07, 6.45) is 0.898. The van der Waals surface area contributed by atoms with Gasteiger partial charge in [-0.15, -0.1) is 0 Å². The smallest absolute Gasteiger partial charge is 0.0237 e. The number of benzene rings is 1. The second kappa shape index (κ2) is 3.81. The lowest BCUT2D eigenvalue weighted by Gasteiger charge is -2.19. The fourth-order valence-corrected chi connectivity index (χ4v) is 1.74. The van der Waals surface area contributed by atoms with Gasteiger partial charge in [0.2, 0.25) is 0 Å². The first-order chi connectivity index (χ1) is 5.90. The van der Waals surface area contributed by atoms with Crippen molar-refractivity contribution in [2.45, 2.75) is 32.7 Å². The van der Waals surface area contributed by atoms with E-state index in [1.54, 1.807) is 0 Å². The number of hydrogen-bond acceptors (Lipinski definition) is 1. The maximum absolute atomic E-state index is 5.97. The summed E-state index contributed by atoms with van der Waals surface area (Å²) in [5.74, 6) is 0. The minimum atomic E-state index is -0.143. The number of halogens is 1. The number of rotatable bonds is 2. The zero-order chi connectivity index (χ0) is 10.1. The minimum Gasteiger partial charge on any atom is -0.325 e. The second-order valence-electron chi connectivity index (χ2n) is 4.21. The molecule has 72 valence electrons. The predicted octanol–water partition coefficient (Wildman–Crippen LogP) is 3.04. The zero-order valence-electron chi connectivity index (χ0n) is 8.39. The van der Waals surface area contributed by atoms with Crippen LogP contribution in [-0.4, -0.2) is 5.54 Å². The third-order valence-corrected chi connectivity index (χ3v) is 3.05. The van der Waals surface area contributed by atoms with Gasteiger partial charge in [0.25, 0.3) is 0 Å². The van der Waals surface area contributed by atoms with Crippen molar-refractivity contribution < 1.29 is 0 Å². The van der Waals surface area contributed by atoms with Crippen molar-refractivity contribution in [3.8, 4) is 0 Å². The number of nitrogens with two attached hydrogens (primary N) is 1. The molecule has 0 saturated heterocycles. The molecule has 0 heterocycles. The third kappa shape index (κ3) is 3.12. The molecular weight excluding hydrogens is 226 g/mol. The van der Waals surface area contributed by atoms with Gasteiger partial charge in [-0.05, 0) is 38.3 Å². The molecule has 1 aromatic rings. The van der Waals surface area contributed by atoms with Crippen molar-refractivity contribution in [2.24, 2.45) is 5.73 Å². The van der Waals surface area contributed by atoms with Crippen LogP contribution in [-0.2, 0) is 6.42 Å². The molecule has 1 rings (SSSR count).